The number of hydrogen-bond donors (Lipinski definition) is 0. The summed E-state index contributed by atoms with van der Waals surface area (Å²) in [6.45, 7) is 6.62. The Morgan fingerprint density at radius 3 is 2.71 bits per heavy atom. The van der Waals surface area contributed by atoms with E-state index in [0.29, 0.717) is 18.9 Å². The summed E-state index contributed by atoms with van der Waals surface area (Å²) in [5, 5.41) is 0. The number of benzene rings is 1. The molecule has 0 aromatic heterocycles. The van der Waals surface area contributed by atoms with Gasteiger partial charge < -0.3 is 9.53 Å². The lowest BCUT2D eigenvalue weighted by Crippen LogP contribution is -2.03. The number of carbonyl (C=O) groups excluding carboxylic acids is 1. The third-order valence-electron chi connectivity index (χ3n) is 2.99. The first-order chi connectivity index (χ1) is 8.15. The Hall–Kier alpha value is -1.31. The maximum atomic E-state index is 10.8. The monoisotopic (exact) mass is 234 g/mol. The lowest BCUT2D eigenvalue weighted by Gasteiger charge is -2.15. The molecule has 1 rings (SSSR count). The molecule has 0 radical (unpaired) electrons. The standard InChI is InChI=1S/C15H22O2/c1-4-12(2)14-9-5-6-10-15(14)17-11-7-8-13(3)16/h5-6,9-10,12H,4,7-8,11H2,1-3H3. The van der Waals surface area contributed by atoms with Crippen molar-refractivity contribution in [2.45, 2.75) is 46.0 Å². The first kappa shape index (κ1) is 13.8. The molecule has 94 valence electrons. The van der Waals surface area contributed by atoms with Crippen LogP contribution in [-0.4, -0.2) is 12.4 Å². The molecule has 0 saturated heterocycles. The van der Waals surface area contributed by atoms with Crippen LogP contribution in [0.2, 0.25) is 0 Å². The molecular formula is C15H22O2. The van der Waals surface area contributed by atoms with E-state index in [0.717, 1.165) is 18.6 Å². The Balaban J connectivity index is 2.55. The Labute approximate surface area is 104 Å². The molecule has 0 heterocycles. The van der Waals surface area contributed by atoms with Crippen LogP contribution in [0.1, 0.15) is 51.5 Å². The van der Waals surface area contributed by atoms with Crippen LogP contribution in [0.25, 0.3) is 0 Å². The van der Waals surface area contributed by atoms with Gasteiger partial charge in [-0.25, -0.2) is 0 Å². The molecule has 0 fully saturated rings. The summed E-state index contributed by atoms with van der Waals surface area (Å²) in [6.07, 6.45) is 2.50. The van der Waals surface area contributed by atoms with Crippen LogP contribution in [0.5, 0.6) is 5.75 Å². The van der Waals surface area contributed by atoms with Gasteiger partial charge in [-0.3, -0.25) is 0 Å². The second-order valence-corrected chi connectivity index (χ2v) is 4.50. The molecular weight excluding hydrogens is 212 g/mol. The normalized spacial score (nSPS) is 12.2. The third kappa shape index (κ3) is 4.59. The van der Waals surface area contributed by atoms with Crippen LogP contribution in [-0.2, 0) is 4.79 Å². The molecule has 0 N–H and O–H groups in total. The first-order valence-electron chi connectivity index (χ1n) is 6.36. The van der Waals surface area contributed by atoms with Gasteiger partial charge in [-0.2, -0.15) is 0 Å². The van der Waals surface area contributed by atoms with Gasteiger partial charge >= 0.3 is 0 Å². The highest BCUT2D eigenvalue weighted by molar-refractivity contribution is 5.75. The Bertz CT molecular complexity index is 358. The molecule has 17 heavy (non-hydrogen) atoms. The predicted octanol–water partition coefficient (Wildman–Crippen LogP) is 3.95. The number of ketones is 1. The number of rotatable bonds is 7. The zero-order valence-electron chi connectivity index (χ0n) is 11.0. The quantitative estimate of drug-likeness (QED) is 0.668. The molecule has 1 unspecified atom stereocenters. The van der Waals surface area contributed by atoms with Crippen molar-refractivity contribution in [3.8, 4) is 5.75 Å². The fourth-order valence-corrected chi connectivity index (χ4v) is 1.74. The minimum Gasteiger partial charge on any atom is -0.493 e. The van der Waals surface area contributed by atoms with Crippen molar-refractivity contribution in [2.24, 2.45) is 0 Å². The van der Waals surface area contributed by atoms with Gasteiger partial charge in [-0.05, 0) is 37.3 Å². The van der Waals surface area contributed by atoms with Gasteiger partial charge in [0.2, 0.25) is 0 Å². The molecule has 0 bridgehead atoms. The van der Waals surface area contributed by atoms with E-state index in [4.69, 9.17) is 4.74 Å². The number of hydrogen-bond acceptors (Lipinski definition) is 2. The SMILES string of the molecule is CCC(C)c1ccccc1OCCCC(C)=O. The molecule has 0 aliphatic rings. The average molecular weight is 234 g/mol. The summed E-state index contributed by atoms with van der Waals surface area (Å²) in [7, 11) is 0. The fraction of sp³-hybridized carbons (Fsp3) is 0.533. The zero-order valence-corrected chi connectivity index (χ0v) is 11.0. The molecule has 0 saturated carbocycles. The van der Waals surface area contributed by atoms with E-state index in [2.05, 4.69) is 19.9 Å². The molecule has 2 heteroatoms. The molecule has 1 atom stereocenters. The van der Waals surface area contributed by atoms with Gasteiger partial charge in [0.25, 0.3) is 0 Å². The van der Waals surface area contributed by atoms with Crippen molar-refractivity contribution in [1.82, 2.24) is 0 Å². The van der Waals surface area contributed by atoms with Crippen LogP contribution in [0, 0.1) is 0 Å². The third-order valence-corrected chi connectivity index (χ3v) is 2.99. The highest BCUT2D eigenvalue weighted by Gasteiger charge is 2.09. The van der Waals surface area contributed by atoms with Crippen LogP contribution in [0.4, 0.5) is 0 Å². The van der Waals surface area contributed by atoms with Crippen molar-refractivity contribution >= 4 is 5.78 Å². The minimum absolute atomic E-state index is 0.226. The Morgan fingerprint density at radius 1 is 1.35 bits per heavy atom. The maximum Gasteiger partial charge on any atom is 0.129 e. The van der Waals surface area contributed by atoms with Crippen molar-refractivity contribution in [3.63, 3.8) is 0 Å². The predicted molar refractivity (Wildman–Crippen MR) is 70.6 cm³/mol. The summed E-state index contributed by atoms with van der Waals surface area (Å²) < 4.78 is 5.76. The Morgan fingerprint density at radius 2 is 2.06 bits per heavy atom. The summed E-state index contributed by atoms with van der Waals surface area (Å²) >= 11 is 0. The maximum absolute atomic E-state index is 10.8. The Kier molecular flexibility index (Phi) is 5.75. The van der Waals surface area contributed by atoms with Gasteiger partial charge in [0, 0.05) is 6.42 Å². The largest absolute Gasteiger partial charge is 0.493 e. The highest BCUT2D eigenvalue weighted by atomic mass is 16.5. The van der Waals surface area contributed by atoms with E-state index >= 15 is 0 Å². The van der Waals surface area contributed by atoms with E-state index in [-0.39, 0.29) is 5.78 Å². The molecule has 0 spiro atoms. The highest BCUT2D eigenvalue weighted by Crippen LogP contribution is 2.28. The molecule has 1 aromatic carbocycles. The molecule has 1 aromatic rings. The van der Waals surface area contributed by atoms with Gasteiger partial charge in [0.15, 0.2) is 0 Å². The van der Waals surface area contributed by atoms with Crippen LogP contribution >= 0.6 is 0 Å². The summed E-state index contributed by atoms with van der Waals surface area (Å²) in [4.78, 5) is 10.8. The van der Waals surface area contributed by atoms with Crippen molar-refractivity contribution in [2.75, 3.05) is 6.61 Å². The van der Waals surface area contributed by atoms with Crippen molar-refractivity contribution < 1.29 is 9.53 Å². The van der Waals surface area contributed by atoms with E-state index in [1.165, 1.54) is 5.56 Å². The van der Waals surface area contributed by atoms with Crippen LogP contribution < -0.4 is 4.74 Å². The van der Waals surface area contributed by atoms with E-state index in [9.17, 15) is 4.79 Å². The van der Waals surface area contributed by atoms with Gasteiger partial charge in [0.1, 0.15) is 11.5 Å². The zero-order chi connectivity index (χ0) is 12.7. The second kappa shape index (κ2) is 7.10. The fourth-order valence-electron chi connectivity index (χ4n) is 1.74. The lowest BCUT2D eigenvalue weighted by atomic mass is 9.98. The minimum atomic E-state index is 0.226. The molecule has 0 aliphatic heterocycles. The average Bonchev–Trinajstić information content (AvgIpc) is 2.34. The summed E-state index contributed by atoms with van der Waals surface area (Å²) in [5.74, 6) is 1.70. The van der Waals surface area contributed by atoms with E-state index < -0.39 is 0 Å². The lowest BCUT2D eigenvalue weighted by molar-refractivity contribution is -0.117. The molecule has 0 amide bonds. The van der Waals surface area contributed by atoms with E-state index in [1.807, 2.05) is 18.2 Å². The number of ether oxygens (including phenoxy) is 1. The van der Waals surface area contributed by atoms with Crippen molar-refractivity contribution in [1.29, 1.82) is 0 Å². The van der Waals surface area contributed by atoms with Gasteiger partial charge in [0.05, 0.1) is 6.61 Å². The second-order valence-electron chi connectivity index (χ2n) is 4.50. The topological polar surface area (TPSA) is 26.3 Å². The first-order valence-corrected chi connectivity index (χ1v) is 6.36. The number of Topliss-reactive ketones (excluding diaryl/α,β-unsaturated/α-hetero) is 1. The smallest absolute Gasteiger partial charge is 0.129 e. The molecule has 2 nitrogen and oxygen atoms in total. The van der Waals surface area contributed by atoms with Crippen LogP contribution in [0.15, 0.2) is 24.3 Å². The number of para-hydroxylation sites is 1. The van der Waals surface area contributed by atoms with E-state index in [1.54, 1.807) is 6.92 Å². The summed E-state index contributed by atoms with van der Waals surface area (Å²) in [6, 6.07) is 8.17. The molecule has 0 aliphatic carbocycles. The van der Waals surface area contributed by atoms with Gasteiger partial charge in [-0.1, -0.05) is 32.0 Å². The number of carbonyl (C=O) groups is 1. The summed E-state index contributed by atoms with van der Waals surface area (Å²) in [5.41, 5.74) is 1.26. The van der Waals surface area contributed by atoms with Crippen molar-refractivity contribution in [3.05, 3.63) is 29.8 Å². The van der Waals surface area contributed by atoms with Crippen LogP contribution in [0.3, 0.4) is 0 Å². The van der Waals surface area contributed by atoms with Gasteiger partial charge in [-0.15, -0.1) is 0 Å².